The minimum Gasteiger partial charge on any atom is -0.496 e. The highest BCUT2D eigenvalue weighted by Crippen LogP contribution is 2.30. The van der Waals surface area contributed by atoms with Crippen molar-refractivity contribution in [2.75, 3.05) is 13.7 Å². The third-order valence-corrected chi connectivity index (χ3v) is 8.00. The Hall–Kier alpha value is -4.58. The molecule has 42 heavy (non-hydrogen) atoms. The monoisotopic (exact) mass is 596 g/mol. The molecule has 0 fully saturated rings. The summed E-state index contributed by atoms with van der Waals surface area (Å²) in [5, 5.41) is -0.0365. The number of methoxy groups -OCH3 is 1. The number of aromatic nitrogens is 2. The average molecular weight is 597 g/mol. The van der Waals surface area contributed by atoms with Crippen molar-refractivity contribution in [1.29, 1.82) is 0 Å². The highest BCUT2D eigenvalue weighted by molar-refractivity contribution is 7.20. The van der Waals surface area contributed by atoms with E-state index in [-0.39, 0.29) is 45.2 Å². The molecule has 12 heteroatoms. The summed E-state index contributed by atoms with van der Waals surface area (Å²) < 4.78 is 31.6. The largest absolute Gasteiger partial charge is 0.496 e. The molecule has 0 N–H and O–H groups in total. The minimum absolute atomic E-state index is 0.0268. The number of ketones is 1. The maximum atomic E-state index is 14.1. The van der Waals surface area contributed by atoms with E-state index in [2.05, 4.69) is 0 Å². The summed E-state index contributed by atoms with van der Waals surface area (Å²) in [6.07, 6.45) is 0. The van der Waals surface area contributed by atoms with Crippen LogP contribution in [0.1, 0.15) is 51.9 Å². The highest BCUT2D eigenvalue weighted by atomic mass is 32.1. The van der Waals surface area contributed by atoms with E-state index < -0.39 is 46.9 Å². The number of fused-ring (bicyclic) bond motifs is 1. The lowest BCUT2D eigenvalue weighted by Gasteiger charge is -2.25. The summed E-state index contributed by atoms with van der Waals surface area (Å²) in [7, 11) is 1.31. The second-order valence-corrected chi connectivity index (χ2v) is 10.9. The lowest BCUT2D eigenvalue weighted by atomic mass is 10.0. The molecule has 0 saturated heterocycles. The van der Waals surface area contributed by atoms with Gasteiger partial charge in [0.25, 0.3) is 5.56 Å². The average Bonchev–Trinajstić information content (AvgIpc) is 3.31. The molecule has 0 amide bonds. The molecule has 2 aromatic carbocycles. The van der Waals surface area contributed by atoms with Crippen LogP contribution >= 0.6 is 11.3 Å². The highest BCUT2D eigenvalue weighted by Gasteiger charge is 2.37. The zero-order chi connectivity index (χ0) is 30.8. The van der Waals surface area contributed by atoms with Crippen LogP contribution in [0.25, 0.3) is 10.2 Å². The van der Waals surface area contributed by atoms with E-state index in [9.17, 15) is 28.4 Å². The summed E-state index contributed by atoms with van der Waals surface area (Å²) in [5.41, 5.74) is -2.86. The maximum absolute atomic E-state index is 14.1. The number of rotatable bonds is 10. The van der Waals surface area contributed by atoms with Crippen LogP contribution in [-0.2, 0) is 33.0 Å². The Morgan fingerprint density at radius 1 is 1.02 bits per heavy atom. The molecular weight excluding hydrogens is 567 g/mol. The van der Waals surface area contributed by atoms with Crippen LogP contribution in [0.15, 0.2) is 58.1 Å². The van der Waals surface area contributed by atoms with Crippen LogP contribution in [0.5, 0.6) is 5.75 Å². The van der Waals surface area contributed by atoms with Gasteiger partial charge in [0, 0.05) is 0 Å². The van der Waals surface area contributed by atoms with Gasteiger partial charge in [0.2, 0.25) is 0 Å². The lowest BCUT2D eigenvalue weighted by molar-refractivity contribution is -0.154. The van der Waals surface area contributed by atoms with Crippen molar-refractivity contribution in [3.63, 3.8) is 0 Å². The van der Waals surface area contributed by atoms with Gasteiger partial charge in [0.15, 0.2) is 5.78 Å². The molecule has 0 bridgehead atoms. The number of hydrogen-bond acceptors (Lipinski definition) is 9. The molecular formula is C30H29FN2O8S. The zero-order valence-corrected chi connectivity index (χ0v) is 24.5. The SMILES string of the molecule is CCOC(=O)c1sc2c(c1C)c(=O)n(C(C)(C)C(=O)OCc1ccccc1)c(=O)n2CC(=O)c1cc(F)ccc1OC. The predicted molar refractivity (Wildman–Crippen MR) is 154 cm³/mol. The Morgan fingerprint density at radius 3 is 2.36 bits per heavy atom. The van der Waals surface area contributed by atoms with Gasteiger partial charge in [-0.1, -0.05) is 30.3 Å². The molecule has 0 unspecified atom stereocenters. The van der Waals surface area contributed by atoms with Crippen molar-refractivity contribution in [2.45, 2.75) is 46.4 Å². The molecule has 0 aliphatic heterocycles. The number of thiophene rings is 1. The van der Waals surface area contributed by atoms with E-state index in [0.29, 0.717) is 10.1 Å². The second-order valence-electron chi connectivity index (χ2n) is 9.85. The number of carbonyl (C=O) groups excluding carboxylic acids is 3. The molecule has 2 aromatic heterocycles. The van der Waals surface area contributed by atoms with Crippen molar-refractivity contribution in [3.05, 3.63) is 96.8 Å². The van der Waals surface area contributed by atoms with E-state index in [1.165, 1.54) is 33.9 Å². The number of nitrogens with zero attached hydrogens (tertiary/aromatic N) is 2. The Bertz CT molecular complexity index is 1800. The fourth-order valence-electron chi connectivity index (χ4n) is 4.49. The number of carbonyl (C=O) groups is 3. The van der Waals surface area contributed by atoms with Crippen molar-refractivity contribution in [1.82, 2.24) is 9.13 Å². The number of halogens is 1. The second kappa shape index (κ2) is 12.1. The van der Waals surface area contributed by atoms with Crippen LogP contribution in [0.3, 0.4) is 0 Å². The minimum atomic E-state index is -1.82. The van der Waals surface area contributed by atoms with Gasteiger partial charge in [-0.25, -0.2) is 23.3 Å². The normalized spacial score (nSPS) is 11.4. The van der Waals surface area contributed by atoms with Gasteiger partial charge in [0.1, 0.15) is 33.4 Å². The summed E-state index contributed by atoms with van der Waals surface area (Å²) in [6, 6.07) is 12.2. The number of Topliss-reactive ketones (excluding diaryl/α,β-unsaturated/α-hetero) is 1. The fourth-order valence-corrected chi connectivity index (χ4v) is 5.67. The number of aryl methyl sites for hydroxylation is 1. The van der Waals surface area contributed by atoms with Crippen molar-refractivity contribution >= 4 is 39.3 Å². The Kier molecular flexibility index (Phi) is 8.76. The number of benzene rings is 2. The number of hydrogen-bond donors (Lipinski definition) is 0. The van der Waals surface area contributed by atoms with Gasteiger partial charge in [-0.3, -0.25) is 14.2 Å². The van der Waals surface area contributed by atoms with E-state index >= 15 is 0 Å². The van der Waals surface area contributed by atoms with Crippen LogP contribution in [0, 0.1) is 12.7 Å². The molecule has 0 atom stereocenters. The van der Waals surface area contributed by atoms with Gasteiger partial charge >= 0.3 is 17.6 Å². The number of esters is 2. The molecule has 2 heterocycles. The van der Waals surface area contributed by atoms with Gasteiger partial charge in [-0.2, -0.15) is 0 Å². The topological polar surface area (TPSA) is 123 Å². The van der Waals surface area contributed by atoms with E-state index in [4.69, 9.17) is 14.2 Å². The summed E-state index contributed by atoms with van der Waals surface area (Å²) >= 11 is 0.814. The molecule has 10 nitrogen and oxygen atoms in total. The third-order valence-electron chi connectivity index (χ3n) is 6.71. The molecule has 4 rings (SSSR count). The first-order chi connectivity index (χ1) is 19.9. The van der Waals surface area contributed by atoms with Crippen LogP contribution in [-0.4, -0.2) is 40.6 Å². The number of ether oxygens (including phenoxy) is 3. The van der Waals surface area contributed by atoms with Crippen LogP contribution < -0.4 is 16.0 Å². The quantitative estimate of drug-likeness (QED) is 0.197. The molecule has 0 radical (unpaired) electrons. The Labute approximate surface area is 243 Å². The van der Waals surface area contributed by atoms with E-state index in [0.717, 1.165) is 28.0 Å². The lowest BCUT2D eigenvalue weighted by Crippen LogP contribution is -2.53. The van der Waals surface area contributed by atoms with Gasteiger partial charge in [-0.15, -0.1) is 11.3 Å². The molecule has 0 aliphatic carbocycles. The summed E-state index contributed by atoms with van der Waals surface area (Å²) in [6.45, 7) is 5.17. The molecule has 0 saturated carbocycles. The zero-order valence-electron chi connectivity index (χ0n) is 23.7. The molecule has 0 spiro atoms. The Balaban J connectivity index is 1.91. The molecule has 4 aromatic rings. The van der Waals surface area contributed by atoms with Gasteiger partial charge in [-0.05, 0) is 57.0 Å². The first kappa shape index (κ1) is 30.4. The maximum Gasteiger partial charge on any atom is 0.348 e. The predicted octanol–water partition coefficient (Wildman–Crippen LogP) is 4.22. The Morgan fingerprint density at radius 2 is 1.71 bits per heavy atom. The smallest absolute Gasteiger partial charge is 0.348 e. The van der Waals surface area contributed by atoms with E-state index in [1.54, 1.807) is 37.3 Å². The summed E-state index contributed by atoms with van der Waals surface area (Å²) in [5.74, 6) is -2.89. The molecule has 0 aliphatic rings. The van der Waals surface area contributed by atoms with Crippen molar-refractivity contribution < 1.29 is 33.0 Å². The van der Waals surface area contributed by atoms with Gasteiger partial charge in [0.05, 0.1) is 31.2 Å². The van der Waals surface area contributed by atoms with Crippen LogP contribution in [0.2, 0.25) is 0 Å². The van der Waals surface area contributed by atoms with Crippen LogP contribution in [0.4, 0.5) is 4.39 Å². The first-order valence-corrected chi connectivity index (χ1v) is 13.8. The van der Waals surface area contributed by atoms with E-state index in [1.807, 2.05) is 0 Å². The summed E-state index contributed by atoms with van der Waals surface area (Å²) in [4.78, 5) is 67.4. The third kappa shape index (κ3) is 5.62. The molecule has 220 valence electrons. The fraction of sp³-hybridized carbons (Fsp3) is 0.300. The van der Waals surface area contributed by atoms with Crippen molar-refractivity contribution in [2.24, 2.45) is 0 Å². The standard InChI is InChI=1S/C30H29FN2O8S/c1-6-40-27(36)24-17(2)23-25(35)33(30(3,4)28(37)41-16-18-10-8-7-9-11-18)29(38)32(26(23)42-24)15-21(34)20-14-19(31)12-13-22(20)39-5/h7-14H,6,15-16H2,1-5H3. The van der Waals surface area contributed by atoms with Crippen molar-refractivity contribution in [3.8, 4) is 5.75 Å². The first-order valence-electron chi connectivity index (χ1n) is 13.0. The van der Waals surface area contributed by atoms with Gasteiger partial charge < -0.3 is 14.2 Å².